The number of nitrogens with zero attached hydrogens (tertiary/aromatic N) is 1. The maximum absolute atomic E-state index is 13.8. The van der Waals surface area contributed by atoms with Crippen LogP contribution in [0.25, 0.3) is 0 Å². The summed E-state index contributed by atoms with van der Waals surface area (Å²) in [6.07, 6.45) is 3.08. The second-order valence-corrected chi connectivity index (χ2v) is 7.34. The van der Waals surface area contributed by atoms with Crippen LogP contribution in [0.2, 0.25) is 0 Å². The topological polar surface area (TPSA) is 21.7 Å². The molecule has 1 heterocycles. The highest BCUT2D eigenvalue weighted by molar-refractivity contribution is 5.34. The number of morpholine rings is 1. The number of rotatable bonds is 8. The molecule has 1 aliphatic heterocycles. The minimum Gasteiger partial charge on any atom is -0.496 e. The molecule has 1 aliphatic rings. The Hall–Kier alpha value is -1.91. The molecule has 0 aromatic heterocycles. The molecule has 0 radical (unpaired) electrons. The summed E-state index contributed by atoms with van der Waals surface area (Å²) >= 11 is 0. The smallest absolute Gasteiger partial charge is 0.123 e. The van der Waals surface area contributed by atoms with Crippen LogP contribution in [0.4, 0.5) is 4.39 Å². The van der Waals surface area contributed by atoms with Gasteiger partial charge in [-0.25, -0.2) is 4.39 Å². The zero-order chi connectivity index (χ0) is 19.1. The maximum atomic E-state index is 13.8. The van der Waals surface area contributed by atoms with E-state index in [0.29, 0.717) is 5.92 Å². The molecule has 146 valence electrons. The van der Waals surface area contributed by atoms with Gasteiger partial charge in [0, 0.05) is 19.6 Å². The highest BCUT2D eigenvalue weighted by Crippen LogP contribution is 2.28. The Labute approximate surface area is 162 Å². The fourth-order valence-electron chi connectivity index (χ4n) is 3.98. The lowest BCUT2D eigenvalue weighted by Crippen LogP contribution is -2.45. The van der Waals surface area contributed by atoms with Crippen LogP contribution in [-0.4, -0.2) is 37.8 Å². The van der Waals surface area contributed by atoms with E-state index in [1.165, 1.54) is 11.6 Å². The molecule has 0 spiro atoms. The second-order valence-electron chi connectivity index (χ2n) is 7.34. The quantitative estimate of drug-likeness (QED) is 0.672. The molecule has 0 saturated carbocycles. The van der Waals surface area contributed by atoms with Gasteiger partial charge >= 0.3 is 0 Å². The van der Waals surface area contributed by atoms with E-state index in [0.717, 1.165) is 56.8 Å². The number of benzene rings is 2. The van der Waals surface area contributed by atoms with Crippen LogP contribution in [0.15, 0.2) is 48.5 Å². The van der Waals surface area contributed by atoms with Crippen molar-refractivity contribution in [1.29, 1.82) is 0 Å². The van der Waals surface area contributed by atoms with Gasteiger partial charge in [0.25, 0.3) is 0 Å². The van der Waals surface area contributed by atoms with Crippen molar-refractivity contribution in [2.75, 3.05) is 26.8 Å². The van der Waals surface area contributed by atoms with Gasteiger partial charge in [0.05, 0.1) is 19.8 Å². The van der Waals surface area contributed by atoms with Crippen molar-refractivity contribution in [3.8, 4) is 5.75 Å². The molecule has 3 nitrogen and oxygen atoms in total. The van der Waals surface area contributed by atoms with E-state index in [1.54, 1.807) is 19.2 Å². The molecular weight excluding hydrogens is 341 g/mol. The van der Waals surface area contributed by atoms with E-state index >= 15 is 0 Å². The SMILES string of the molecule is CCCC(Cc1cc(F)ccc1OC)C1CN(Cc2ccccc2)CCO1. The number of methoxy groups -OCH3 is 1. The molecule has 1 fully saturated rings. The van der Waals surface area contributed by atoms with Crippen molar-refractivity contribution >= 4 is 0 Å². The zero-order valence-electron chi connectivity index (χ0n) is 16.4. The van der Waals surface area contributed by atoms with E-state index in [4.69, 9.17) is 9.47 Å². The first-order valence-corrected chi connectivity index (χ1v) is 9.90. The highest BCUT2D eigenvalue weighted by atomic mass is 19.1. The van der Waals surface area contributed by atoms with Crippen LogP contribution >= 0.6 is 0 Å². The Morgan fingerprint density at radius 2 is 2.04 bits per heavy atom. The van der Waals surface area contributed by atoms with Crippen molar-refractivity contribution in [1.82, 2.24) is 4.90 Å². The lowest BCUT2D eigenvalue weighted by molar-refractivity contribution is -0.0619. The number of hydrogen-bond acceptors (Lipinski definition) is 3. The summed E-state index contributed by atoms with van der Waals surface area (Å²) in [5, 5.41) is 0. The van der Waals surface area contributed by atoms with Crippen molar-refractivity contribution in [2.24, 2.45) is 5.92 Å². The van der Waals surface area contributed by atoms with Crippen LogP contribution < -0.4 is 4.74 Å². The summed E-state index contributed by atoms with van der Waals surface area (Å²) in [6.45, 7) is 5.76. The molecular formula is C23H30FNO2. The predicted molar refractivity (Wildman–Crippen MR) is 107 cm³/mol. The molecule has 3 rings (SSSR count). The number of halogens is 1. The monoisotopic (exact) mass is 371 g/mol. The van der Waals surface area contributed by atoms with Crippen LogP contribution in [0.1, 0.15) is 30.9 Å². The summed E-state index contributed by atoms with van der Waals surface area (Å²) < 4.78 is 25.4. The van der Waals surface area contributed by atoms with Gasteiger partial charge in [-0.1, -0.05) is 43.7 Å². The molecule has 0 N–H and O–H groups in total. The molecule has 0 bridgehead atoms. The minimum atomic E-state index is -0.212. The summed E-state index contributed by atoms with van der Waals surface area (Å²) in [5.74, 6) is 0.898. The number of ether oxygens (including phenoxy) is 2. The standard InChI is InChI=1S/C23H30FNO2/c1-3-7-19(14-20-15-21(24)10-11-22(20)26-2)23-17-25(12-13-27-23)16-18-8-5-4-6-9-18/h4-6,8-11,15,19,23H,3,7,12-14,16-17H2,1-2H3. The molecule has 0 amide bonds. The van der Waals surface area contributed by atoms with Crippen LogP contribution in [0.3, 0.4) is 0 Å². The third-order valence-corrected chi connectivity index (χ3v) is 5.34. The van der Waals surface area contributed by atoms with Crippen molar-refractivity contribution in [3.05, 3.63) is 65.5 Å². The fourth-order valence-corrected chi connectivity index (χ4v) is 3.98. The Morgan fingerprint density at radius 3 is 2.78 bits per heavy atom. The summed E-state index contributed by atoms with van der Waals surface area (Å²) in [6, 6.07) is 15.3. The molecule has 27 heavy (non-hydrogen) atoms. The minimum absolute atomic E-state index is 0.162. The summed E-state index contributed by atoms with van der Waals surface area (Å²) in [5.41, 5.74) is 2.26. The highest BCUT2D eigenvalue weighted by Gasteiger charge is 2.28. The van der Waals surface area contributed by atoms with Gasteiger partial charge in [0.15, 0.2) is 0 Å². The van der Waals surface area contributed by atoms with Gasteiger partial charge in [-0.05, 0) is 48.1 Å². The predicted octanol–water partition coefficient (Wildman–Crippen LogP) is 4.69. The molecule has 2 aromatic carbocycles. The van der Waals surface area contributed by atoms with Crippen molar-refractivity contribution in [2.45, 2.75) is 38.8 Å². The van der Waals surface area contributed by atoms with Crippen LogP contribution in [0.5, 0.6) is 5.75 Å². The van der Waals surface area contributed by atoms with Crippen molar-refractivity contribution in [3.63, 3.8) is 0 Å². The van der Waals surface area contributed by atoms with E-state index in [9.17, 15) is 4.39 Å². The van der Waals surface area contributed by atoms with Gasteiger partial charge in [0.1, 0.15) is 11.6 Å². The second kappa shape index (κ2) is 9.86. The third kappa shape index (κ3) is 5.53. The lowest BCUT2D eigenvalue weighted by atomic mass is 9.88. The molecule has 2 aromatic rings. The van der Waals surface area contributed by atoms with E-state index in [-0.39, 0.29) is 11.9 Å². The Morgan fingerprint density at radius 1 is 1.22 bits per heavy atom. The molecule has 4 heteroatoms. The van der Waals surface area contributed by atoms with E-state index in [2.05, 4.69) is 42.2 Å². The molecule has 0 aliphatic carbocycles. The lowest BCUT2D eigenvalue weighted by Gasteiger charge is -2.37. The first-order valence-electron chi connectivity index (χ1n) is 9.90. The average molecular weight is 371 g/mol. The Balaban J connectivity index is 1.69. The zero-order valence-corrected chi connectivity index (χ0v) is 16.4. The first-order chi connectivity index (χ1) is 13.2. The molecule has 1 saturated heterocycles. The van der Waals surface area contributed by atoms with Crippen molar-refractivity contribution < 1.29 is 13.9 Å². The van der Waals surface area contributed by atoms with Gasteiger partial charge in [-0.15, -0.1) is 0 Å². The third-order valence-electron chi connectivity index (χ3n) is 5.34. The summed E-state index contributed by atoms with van der Waals surface area (Å²) in [7, 11) is 1.64. The first kappa shape index (κ1) is 19.8. The maximum Gasteiger partial charge on any atom is 0.123 e. The Kier molecular flexibility index (Phi) is 7.25. The van der Waals surface area contributed by atoms with Crippen LogP contribution in [0, 0.1) is 11.7 Å². The van der Waals surface area contributed by atoms with Gasteiger partial charge in [-0.2, -0.15) is 0 Å². The molecule has 2 unspecified atom stereocenters. The number of hydrogen-bond donors (Lipinski definition) is 0. The normalized spacial score (nSPS) is 19.0. The van der Waals surface area contributed by atoms with Crippen LogP contribution in [-0.2, 0) is 17.7 Å². The van der Waals surface area contributed by atoms with Gasteiger partial charge in [-0.3, -0.25) is 4.90 Å². The fraction of sp³-hybridized carbons (Fsp3) is 0.478. The largest absolute Gasteiger partial charge is 0.496 e. The Bertz CT molecular complexity index is 707. The van der Waals surface area contributed by atoms with Gasteiger partial charge in [0.2, 0.25) is 0 Å². The average Bonchev–Trinajstić information content (AvgIpc) is 2.69. The van der Waals surface area contributed by atoms with E-state index in [1.807, 2.05) is 0 Å². The molecule has 2 atom stereocenters. The van der Waals surface area contributed by atoms with Gasteiger partial charge < -0.3 is 9.47 Å². The van der Waals surface area contributed by atoms with E-state index < -0.39 is 0 Å². The summed E-state index contributed by atoms with van der Waals surface area (Å²) in [4.78, 5) is 2.47.